The fourth-order valence-corrected chi connectivity index (χ4v) is 3.47. The average molecular weight is 323 g/mol. The molecule has 2 N–H and O–H groups in total. The Kier molecular flexibility index (Phi) is 5.46. The molecule has 0 aromatic heterocycles. The Bertz CT molecular complexity index is 671. The highest BCUT2D eigenvalue weighted by Gasteiger charge is 2.43. The molecule has 1 heterocycles. The molecular formula is C21H25NO2. The number of hydrogen-bond donors (Lipinski definition) is 2. The molecule has 0 spiro atoms. The van der Waals surface area contributed by atoms with Crippen LogP contribution in [0.2, 0.25) is 0 Å². The van der Waals surface area contributed by atoms with Crippen molar-refractivity contribution in [2.45, 2.75) is 31.2 Å². The molecule has 1 aliphatic heterocycles. The molecule has 2 aromatic rings. The lowest BCUT2D eigenvalue weighted by Gasteiger charge is -2.30. The Labute approximate surface area is 144 Å². The van der Waals surface area contributed by atoms with Crippen LogP contribution in [0.3, 0.4) is 0 Å². The Morgan fingerprint density at radius 2 is 1.83 bits per heavy atom. The van der Waals surface area contributed by atoms with Crippen LogP contribution in [0.15, 0.2) is 67.3 Å². The van der Waals surface area contributed by atoms with Gasteiger partial charge in [-0.2, -0.15) is 0 Å². The Hall–Kier alpha value is -1.94. The van der Waals surface area contributed by atoms with Crippen LogP contribution in [0, 0.1) is 0 Å². The van der Waals surface area contributed by atoms with Gasteiger partial charge in [0.05, 0.1) is 5.60 Å². The summed E-state index contributed by atoms with van der Waals surface area (Å²) in [4.78, 5) is 0. The van der Waals surface area contributed by atoms with Crippen molar-refractivity contribution in [3.8, 4) is 0 Å². The Morgan fingerprint density at radius 3 is 2.62 bits per heavy atom. The molecule has 1 aliphatic rings. The maximum atomic E-state index is 10.4. The predicted molar refractivity (Wildman–Crippen MR) is 96.6 cm³/mol. The van der Waals surface area contributed by atoms with E-state index in [9.17, 15) is 5.11 Å². The van der Waals surface area contributed by atoms with Crippen LogP contribution in [0.5, 0.6) is 0 Å². The van der Waals surface area contributed by atoms with E-state index in [-0.39, 0.29) is 0 Å². The standard InChI is InChI=1S/C21H25NO2/c1-2-15-22-16-14-21(13-12-17-8-4-3-5-9-17)19-11-7-6-10-18(19)20(23)24-21/h2-11,20,22-23H,1,12-16H2. The number of aryl methyl sites for hydroxylation is 1. The van der Waals surface area contributed by atoms with Gasteiger partial charge in [0, 0.05) is 12.1 Å². The second-order valence-corrected chi connectivity index (χ2v) is 6.28. The van der Waals surface area contributed by atoms with E-state index in [0.717, 1.165) is 43.5 Å². The summed E-state index contributed by atoms with van der Waals surface area (Å²) in [5.74, 6) is 0. The summed E-state index contributed by atoms with van der Waals surface area (Å²) in [6.07, 6.45) is 3.61. The fourth-order valence-electron chi connectivity index (χ4n) is 3.47. The minimum atomic E-state index is -0.837. The maximum absolute atomic E-state index is 10.4. The first-order chi connectivity index (χ1) is 11.7. The molecule has 0 saturated carbocycles. The van der Waals surface area contributed by atoms with Gasteiger partial charge in [-0.05, 0) is 36.9 Å². The van der Waals surface area contributed by atoms with Gasteiger partial charge in [-0.25, -0.2) is 0 Å². The zero-order valence-corrected chi connectivity index (χ0v) is 13.9. The molecule has 0 bridgehead atoms. The molecule has 0 aliphatic carbocycles. The summed E-state index contributed by atoms with van der Waals surface area (Å²) in [5, 5.41) is 13.7. The van der Waals surface area contributed by atoms with E-state index in [2.05, 4.69) is 42.2 Å². The molecule has 3 rings (SSSR count). The van der Waals surface area contributed by atoms with Crippen molar-refractivity contribution >= 4 is 0 Å². The Balaban J connectivity index is 1.81. The maximum Gasteiger partial charge on any atom is 0.182 e. The van der Waals surface area contributed by atoms with Crippen LogP contribution in [-0.2, 0) is 16.8 Å². The highest BCUT2D eigenvalue weighted by atomic mass is 16.6. The fraction of sp³-hybridized carbons (Fsp3) is 0.333. The largest absolute Gasteiger partial charge is 0.364 e. The van der Waals surface area contributed by atoms with E-state index < -0.39 is 11.9 Å². The van der Waals surface area contributed by atoms with Crippen molar-refractivity contribution in [1.82, 2.24) is 5.32 Å². The predicted octanol–water partition coefficient (Wildman–Crippen LogP) is 3.70. The normalized spacial score (nSPS) is 22.3. The van der Waals surface area contributed by atoms with Crippen molar-refractivity contribution in [3.63, 3.8) is 0 Å². The molecule has 24 heavy (non-hydrogen) atoms. The van der Waals surface area contributed by atoms with Gasteiger partial charge in [0.2, 0.25) is 0 Å². The van der Waals surface area contributed by atoms with E-state index in [4.69, 9.17) is 4.74 Å². The highest BCUT2D eigenvalue weighted by Crippen LogP contribution is 2.47. The van der Waals surface area contributed by atoms with Crippen molar-refractivity contribution < 1.29 is 9.84 Å². The third kappa shape index (κ3) is 3.59. The average Bonchev–Trinajstić information content (AvgIpc) is 2.91. The molecule has 2 aromatic carbocycles. The lowest BCUT2D eigenvalue weighted by atomic mass is 9.84. The van der Waals surface area contributed by atoms with Gasteiger partial charge < -0.3 is 15.2 Å². The van der Waals surface area contributed by atoms with Crippen LogP contribution >= 0.6 is 0 Å². The third-order valence-electron chi connectivity index (χ3n) is 4.71. The number of benzene rings is 2. The van der Waals surface area contributed by atoms with E-state index in [1.54, 1.807) is 0 Å². The van der Waals surface area contributed by atoms with E-state index in [0.29, 0.717) is 0 Å². The van der Waals surface area contributed by atoms with Crippen molar-refractivity contribution in [2.24, 2.45) is 0 Å². The molecule has 126 valence electrons. The molecule has 0 saturated heterocycles. The van der Waals surface area contributed by atoms with Crippen LogP contribution in [0.25, 0.3) is 0 Å². The van der Waals surface area contributed by atoms with Crippen LogP contribution in [-0.4, -0.2) is 18.2 Å². The molecule has 0 amide bonds. The smallest absolute Gasteiger partial charge is 0.182 e. The Morgan fingerprint density at radius 1 is 1.08 bits per heavy atom. The van der Waals surface area contributed by atoms with Gasteiger partial charge in [-0.3, -0.25) is 0 Å². The van der Waals surface area contributed by atoms with E-state index >= 15 is 0 Å². The molecule has 0 fully saturated rings. The first-order valence-corrected chi connectivity index (χ1v) is 8.56. The number of hydrogen-bond acceptors (Lipinski definition) is 3. The van der Waals surface area contributed by atoms with Gasteiger partial charge in [0.25, 0.3) is 0 Å². The minimum Gasteiger partial charge on any atom is -0.364 e. The summed E-state index contributed by atoms with van der Waals surface area (Å²) >= 11 is 0. The molecule has 2 atom stereocenters. The topological polar surface area (TPSA) is 41.5 Å². The highest BCUT2D eigenvalue weighted by molar-refractivity contribution is 5.37. The van der Waals surface area contributed by atoms with Crippen molar-refractivity contribution in [3.05, 3.63) is 83.9 Å². The molecule has 0 radical (unpaired) electrons. The van der Waals surface area contributed by atoms with Crippen LogP contribution < -0.4 is 5.32 Å². The summed E-state index contributed by atoms with van der Waals surface area (Å²) in [5.41, 5.74) is 2.86. The summed E-state index contributed by atoms with van der Waals surface area (Å²) in [7, 11) is 0. The SMILES string of the molecule is C=CCNCCC1(CCc2ccccc2)OC(O)c2ccccc21. The number of nitrogens with one attached hydrogen (secondary N) is 1. The number of aliphatic hydroxyl groups excluding tert-OH is 1. The van der Waals surface area contributed by atoms with Crippen LogP contribution in [0.1, 0.15) is 35.8 Å². The molecule has 2 unspecified atom stereocenters. The number of ether oxygens (including phenoxy) is 1. The lowest BCUT2D eigenvalue weighted by Crippen LogP contribution is -2.32. The first-order valence-electron chi connectivity index (χ1n) is 8.56. The summed E-state index contributed by atoms with van der Waals surface area (Å²) in [6, 6.07) is 18.5. The molecule has 3 nitrogen and oxygen atoms in total. The zero-order valence-electron chi connectivity index (χ0n) is 13.9. The van der Waals surface area contributed by atoms with Gasteiger partial charge in [-0.15, -0.1) is 6.58 Å². The van der Waals surface area contributed by atoms with Crippen molar-refractivity contribution in [1.29, 1.82) is 0 Å². The quantitative estimate of drug-likeness (QED) is 0.575. The van der Waals surface area contributed by atoms with Gasteiger partial charge in [-0.1, -0.05) is 60.7 Å². The molecule has 3 heteroatoms. The third-order valence-corrected chi connectivity index (χ3v) is 4.71. The van der Waals surface area contributed by atoms with Crippen LogP contribution in [0.4, 0.5) is 0 Å². The van der Waals surface area contributed by atoms with E-state index in [1.807, 2.05) is 30.3 Å². The minimum absolute atomic E-state index is 0.444. The first kappa shape index (κ1) is 16.9. The summed E-state index contributed by atoms with van der Waals surface area (Å²) in [6.45, 7) is 5.34. The lowest BCUT2D eigenvalue weighted by molar-refractivity contribution is -0.177. The second kappa shape index (κ2) is 7.75. The van der Waals surface area contributed by atoms with Gasteiger partial charge in [0.1, 0.15) is 0 Å². The monoisotopic (exact) mass is 323 g/mol. The van der Waals surface area contributed by atoms with E-state index in [1.165, 1.54) is 5.56 Å². The number of fused-ring (bicyclic) bond motifs is 1. The summed E-state index contributed by atoms with van der Waals surface area (Å²) < 4.78 is 6.11. The number of aliphatic hydroxyl groups is 1. The molecular weight excluding hydrogens is 298 g/mol. The number of rotatable bonds is 8. The van der Waals surface area contributed by atoms with Crippen molar-refractivity contribution in [2.75, 3.05) is 13.1 Å². The zero-order chi connectivity index (χ0) is 16.8. The van der Waals surface area contributed by atoms with Gasteiger partial charge >= 0.3 is 0 Å². The second-order valence-electron chi connectivity index (χ2n) is 6.28. The van der Waals surface area contributed by atoms with Gasteiger partial charge in [0.15, 0.2) is 6.29 Å².